The molecule has 116 valence electrons. The molecule has 0 atom stereocenters. The van der Waals surface area contributed by atoms with Gasteiger partial charge in [-0.15, -0.1) is 0 Å². The van der Waals surface area contributed by atoms with Crippen molar-refractivity contribution in [3.63, 3.8) is 0 Å². The largest absolute Gasteiger partial charge is 0.515 e. The van der Waals surface area contributed by atoms with Crippen LogP contribution in [0.3, 0.4) is 0 Å². The SMILES string of the molecule is CCN(CC)CC.O=C(OC(Cl)(Cl)Cl)OC(Cl)(Cl)Cl. The fourth-order valence-electron chi connectivity index (χ4n) is 0.881. The van der Waals surface area contributed by atoms with Crippen molar-refractivity contribution in [3.8, 4) is 0 Å². The Morgan fingerprint density at radius 3 is 1.21 bits per heavy atom. The highest BCUT2D eigenvalue weighted by molar-refractivity contribution is 6.67. The summed E-state index contributed by atoms with van der Waals surface area (Å²) >= 11 is 30.2. The number of hydrogen-bond donors (Lipinski definition) is 0. The fraction of sp³-hybridized carbons (Fsp3) is 0.889. The maximum absolute atomic E-state index is 10.5. The van der Waals surface area contributed by atoms with Crippen LogP contribution in [0, 0.1) is 0 Å². The lowest BCUT2D eigenvalue weighted by atomic mass is 10.5. The molecule has 0 bridgehead atoms. The predicted octanol–water partition coefficient (Wildman–Crippen LogP) is 5.14. The average molecular weight is 398 g/mol. The van der Waals surface area contributed by atoms with Gasteiger partial charge in [0.2, 0.25) is 0 Å². The van der Waals surface area contributed by atoms with Crippen LogP contribution in [0.25, 0.3) is 0 Å². The third-order valence-electron chi connectivity index (χ3n) is 1.74. The van der Waals surface area contributed by atoms with Crippen LogP contribution >= 0.6 is 69.6 Å². The van der Waals surface area contributed by atoms with Crippen molar-refractivity contribution >= 4 is 75.8 Å². The molecular formula is C9H15Cl6NO3. The van der Waals surface area contributed by atoms with E-state index in [2.05, 4.69) is 35.1 Å². The maximum atomic E-state index is 10.5. The van der Waals surface area contributed by atoms with Gasteiger partial charge in [0.1, 0.15) is 0 Å². The summed E-state index contributed by atoms with van der Waals surface area (Å²) in [5, 5.41) is 0. The van der Waals surface area contributed by atoms with Gasteiger partial charge in [0.15, 0.2) is 0 Å². The Balaban J connectivity index is 0. The average Bonchev–Trinajstić information content (AvgIpc) is 2.15. The van der Waals surface area contributed by atoms with E-state index in [4.69, 9.17) is 69.6 Å². The summed E-state index contributed by atoms with van der Waals surface area (Å²) in [5.74, 6) is 0. The quantitative estimate of drug-likeness (QED) is 0.488. The van der Waals surface area contributed by atoms with E-state index >= 15 is 0 Å². The zero-order valence-electron chi connectivity index (χ0n) is 10.6. The molecule has 0 unspecified atom stereocenters. The maximum Gasteiger partial charge on any atom is 0.515 e. The highest BCUT2D eigenvalue weighted by Gasteiger charge is 2.32. The summed E-state index contributed by atoms with van der Waals surface area (Å²) in [4.78, 5) is 12.9. The molecule has 0 aromatic rings. The molecule has 19 heavy (non-hydrogen) atoms. The van der Waals surface area contributed by atoms with E-state index in [-0.39, 0.29) is 0 Å². The fourth-order valence-corrected chi connectivity index (χ4v) is 1.26. The molecule has 0 aliphatic rings. The number of nitrogens with zero attached hydrogens (tertiary/aromatic N) is 1. The van der Waals surface area contributed by atoms with Crippen molar-refractivity contribution < 1.29 is 14.3 Å². The van der Waals surface area contributed by atoms with Gasteiger partial charge in [-0.3, -0.25) is 0 Å². The van der Waals surface area contributed by atoms with Crippen molar-refractivity contribution in [1.82, 2.24) is 4.90 Å². The molecule has 0 rings (SSSR count). The molecule has 0 radical (unpaired) electrons. The number of carbonyl (C=O) groups is 1. The van der Waals surface area contributed by atoms with Crippen LogP contribution in [0.5, 0.6) is 0 Å². The molecule has 0 aliphatic heterocycles. The van der Waals surface area contributed by atoms with E-state index in [1.807, 2.05) is 0 Å². The summed E-state index contributed by atoms with van der Waals surface area (Å²) in [6.45, 7) is 10.1. The van der Waals surface area contributed by atoms with E-state index in [0.29, 0.717) is 0 Å². The Hall–Kier alpha value is 0.970. The molecule has 4 nitrogen and oxygen atoms in total. The van der Waals surface area contributed by atoms with E-state index in [1.165, 1.54) is 19.6 Å². The Morgan fingerprint density at radius 2 is 1.11 bits per heavy atom. The zero-order chi connectivity index (χ0) is 15.7. The summed E-state index contributed by atoms with van der Waals surface area (Å²) in [6, 6.07) is 0. The van der Waals surface area contributed by atoms with Crippen molar-refractivity contribution in [3.05, 3.63) is 0 Å². The number of halogens is 6. The topological polar surface area (TPSA) is 38.8 Å². The van der Waals surface area contributed by atoms with Crippen molar-refractivity contribution in [2.45, 2.75) is 28.7 Å². The Kier molecular flexibility index (Phi) is 12.5. The Bertz CT molecular complexity index is 226. The lowest BCUT2D eigenvalue weighted by Gasteiger charge is -2.15. The van der Waals surface area contributed by atoms with Crippen LogP contribution in [0.2, 0.25) is 0 Å². The normalized spacial score (nSPS) is 11.7. The minimum Gasteiger partial charge on any atom is -0.382 e. The van der Waals surface area contributed by atoms with E-state index < -0.39 is 14.1 Å². The smallest absolute Gasteiger partial charge is 0.382 e. The highest BCUT2D eigenvalue weighted by Crippen LogP contribution is 2.32. The van der Waals surface area contributed by atoms with Gasteiger partial charge in [-0.1, -0.05) is 20.8 Å². The Labute approximate surface area is 143 Å². The van der Waals surface area contributed by atoms with Crippen LogP contribution in [0.1, 0.15) is 20.8 Å². The first-order valence-corrected chi connectivity index (χ1v) is 7.49. The highest BCUT2D eigenvalue weighted by atomic mass is 35.6. The molecule has 0 aromatic carbocycles. The predicted molar refractivity (Wildman–Crippen MR) is 81.6 cm³/mol. The first kappa shape index (κ1) is 22.3. The lowest BCUT2D eigenvalue weighted by Crippen LogP contribution is -2.22. The van der Waals surface area contributed by atoms with Gasteiger partial charge < -0.3 is 14.4 Å². The molecule has 0 aromatic heterocycles. The minimum atomic E-state index is -2.24. The molecule has 0 heterocycles. The van der Waals surface area contributed by atoms with Gasteiger partial charge in [-0.2, -0.15) is 0 Å². The standard InChI is InChI=1S/C6H15N.C3Cl6O3/c1-4-7(5-2)6-3;4-2(5,6)11-1(10)12-3(7,8)9/h4-6H2,1-3H3;. The third kappa shape index (κ3) is 19.0. The third-order valence-corrected chi connectivity index (χ3v) is 2.20. The lowest BCUT2D eigenvalue weighted by molar-refractivity contribution is 0.0508. The first-order chi connectivity index (χ1) is 8.45. The van der Waals surface area contributed by atoms with Gasteiger partial charge in [-0.05, 0) is 89.2 Å². The number of ether oxygens (including phenoxy) is 2. The van der Waals surface area contributed by atoms with Gasteiger partial charge >= 0.3 is 14.1 Å². The second-order valence-electron chi connectivity index (χ2n) is 2.97. The van der Waals surface area contributed by atoms with Crippen molar-refractivity contribution in [1.29, 1.82) is 0 Å². The summed E-state index contributed by atoms with van der Waals surface area (Å²) < 4.78 is 3.50. The van der Waals surface area contributed by atoms with Crippen LogP contribution < -0.4 is 0 Å². The monoisotopic (exact) mass is 395 g/mol. The van der Waals surface area contributed by atoms with Gasteiger partial charge in [0.05, 0.1) is 0 Å². The summed E-state index contributed by atoms with van der Waals surface area (Å²) in [6.07, 6.45) is -1.41. The summed E-state index contributed by atoms with van der Waals surface area (Å²) in [7, 11) is 0. The molecule has 0 saturated carbocycles. The van der Waals surface area contributed by atoms with Gasteiger partial charge in [0, 0.05) is 0 Å². The van der Waals surface area contributed by atoms with Crippen LogP contribution in [0.15, 0.2) is 0 Å². The van der Waals surface area contributed by atoms with Crippen molar-refractivity contribution in [2.24, 2.45) is 0 Å². The number of alkyl halides is 6. The number of hydrogen-bond acceptors (Lipinski definition) is 4. The van der Waals surface area contributed by atoms with Gasteiger partial charge in [-0.25, -0.2) is 4.79 Å². The molecular weight excluding hydrogens is 383 g/mol. The van der Waals surface area contributed by atoms with E-state index in [1.54, 1.807) is 0 Å². The molecule has 0 N–H and O–H groups in total. The molecule has 0 saturated heterocycles. The second kappa shape index (κ2) is 10.7. The first-order valence-electron chi connectivity index (χ1n) is 5.22. The van der Waals surface area contributed by atoms with Crippen LogP contribution in [-0.4, -0.2) is 38.6 Å². The molecule has 0 spiro atoms. The van der Waals surface area contributed by atoms with Crippen molar-refractivity contribution in [2.75, 3.05) is 19.6 Å². The zero-order valence-corrected chi connectivity index (χ0v) is 15.1. The second-order valence-corrected chi connectivity index (χ2v) is 7.32. The molecule has 10 heteroatoms. The molecule has 0 aliphatic carbocycles. The molecule has 0 amide bonds. The van der Waals surface area contributed by atoms with Crippen LogP contribution in [0.4, 0.5) is 4.79 Å². The minimum absolute atomic E-state index is 1.19. The number of rotatable bonds is 3. The van der Waals surface area contributed by atoms with Crippen LogP contribution in [-0.2, 0) is 9.47 Å². The van der Waals surface area contributed by atoms with Gasteiger partial charge in [0.25, 0.3) is 0 Å². The summed E-state index contributed by atoms with van der Waals surface area (Å²) in [5.41, 5.74) is 0. The number of carbonyl (C=O) groups excluding carboxylic acids is 1. The Morgan fingerprint density at radius 1 is 0.842 bits per heavy atom. The van der Waals surface area contributed by atoms with E-state index in [9.17, 15) is 4.79 Å². The molecule has 0 fully saturated rings. The van der Waals surface area contributed by atoms with E-state index in [0.717, 1.165) is 0 Å².